The Morgan fingerprint density at radius 3 is 2.83 bits per heavy atom. The average molecular weight is 186 g/mol. The Bertz CT molecular complexity index is 145. The van der Waals surface area contributed by atoms with Crippen LogP contribution >= 0.6 is 11.8 Å². The van der Waals surface area contributed by atoms with Crippen LogP contribution in [0.1, 0.15) is 33.1 Å². The maximum absolute atomic E-state index is 5.72. The van der Waals surface area contributed by atoms with Crippen LogP contribution in [0.2, 0.25) is 0 Å². The molecule has 0 aromatic heterocycles. The largest absolute Gasteiger partial charge is 0.367 e. The number of thioether (sulfide) groups is 1. The molecule has 1 aliphatic rings. The molecule has 2 atom stereocenters. The van der Waals surface area contributed by atoms with Crippen molar-refractivity contribution >= 4 is 11.8 Å². The van der Waals surface area contributed by atoms with Crippen molar-refractivity contribution < 1.29 is 4.74 Å². The van der Waals surface area contributed by atoms with E-state index in [0.29, 0.717) is 11.4 Å². The Labute approximate surface area is 79.6 Å². The summed E-state index contributed by atoms with van der Waals surface area (Å²) in [6.45, 7) is 5.29. The first-order valence-corrected chi connectivity index (χ1v) is 5.76. The molecule has 1 nitrogen and oxygen atoms in total. The van der Waals surface area contributed by atoms with Crippen molar-refractivity contribution in [3.8, 4) is 0 Å². The van der Waals surface area contributed by atoms with Crippen LogP contribution < -0.4 is 0 Å². The van der Waals surface area contributed by atoms with Crippen LogP contribution in [-0.4, -0.2) is 12.0 Å². The number of hydrogen-bond acceptors (Lipinski definition) is 2. The topological polar surface area (TPSA) is 9.23 Å². The van der Waals surface area contributed by atoms with Gasteiger partial charge in [-0.2, -0.15) is 0 Å². The molecular weight excluding hydrogens is 168 g/mol. The van der Waals surface area contributed by atoms with E-state index in [0.717, 1.165) is 13.0 Å². The van der Waals surface area contributed by atoms with Gasteiger partial charge in [0.15, 0.2) is 0 Å². The van der Waals surface area contributed by atoms with Crippen molar-refractivity contribution in [3.63, 3.8) is 0 Å². The molecule has 0 fully saturated rings. The Balaban J connectivity index is 2.24. The van der Waals surface area contributed by atoms with Gasteiger partial charge in [0.2, 0.25) is 0 Å². The van der Waals surface area contributed by atoms with Crippen LogP contribution in [0.3, 0.4) is 0 Å². The van der Waals surface area contributed by atoms with Crippen molar-refractivity contribution in [2.24, 2.45) is 5.92 Å². The van der Waals surface area contributed by atoms with Gasteiger partial charge in [0.05, 0.1) is 0 Å². The second kappa shape index (κ2) is 5.65. The molecule has 1 rings (SSSR count). The maximum Gasteiger partial charge on any atom is 0.113 e. The van der Waals surface area contributed by atoms with Crippen molar-refractivity contribution in [3.05, 3.63) is 11.5 Å². The van der Waals surface area contributed by atoms with Crippen molar-refractivity contribution in [2.75, 3.05) is 6.61 Å². The van der Waals surface area contributed by atoms with Crippen LogP contribution in [0, 0.1) is 5.92 Å². The molecular formula is C10H18OS. The number of ether oxygens (including phenoxy) is 1. The second-order valence-corrected chi connectivity index (χ2v) is 4.17. The maximum atomic E-state index is 5.72. The SMILES string of the molecule is CCCOC1SC=CC1CCC. The monoisotopic (exact) mass is 186 g/mol. The van der Waals surface area contributed by atoms with E-state index in [1.165, 1.54) is 12.8 Å². The lowest BCUT2D eigenvalue weighted by Crippen LogP contribution is -2.15. The van der Waals surface area contributed by atoms with Gasteiger partial charge in [0, 0.05) is 12.5 Å². The quantitative estimate of drug-likeness (QED) is 0.650. The van der Waals surface area contributed by atoms with E-state index in [1.54, 1.807) is 0 Å². The molecule has 0 amide bonds. The van der Waals surface area contributed by atoms with E-state index >= 15 is 0 Å². The lowest BCUT2D eigenvalue weighted by Gasteiger charge is -2.17. The molecule has 0 saturated heterocycles. The Morgan fingerprint density at radius 1 is 1.33 bits per heavy atom. The molecule has 0 aliphatic carbocycles. The summed E-state index contributed by atoms with van der Waals surface area (Å²) in [5, 5.41) is 2.18. The molecule has 12 heavy (non-hydrogen) atoms. The Kier molecular flexibility index (Phi) is 4.77. The molecule has 70 valence electrons. The van der Waals surface area contributed by atoms with Gasteiger partial charge in [-0.25, -0.2) is 0 Å². The van der Waals surface area contributed by atoms with Gasteiger partial charge < -0.3 is 4.74 Å². The summed E-state index contributed by atoms with van der Waals surface area (Å²) in [6, 6.07) is 0. The highest BCUT2D eigenvalue weighted by atomic mass is 32.2. The van der Waals surface area contributed by atoms with Crippen molar-refractivity contribution in [2.45, 2.75) is 38.5 Å². The van der Waals surface area contributed by atoms with Gasteiger partial charge in [0.1, 0.15) is 5.44 Å². The van der Waals surface area contributed by atoms with Gasteiger partial charge in [0.25, 0.3) is 0 Å². The van der Waals surface area contributed by atoms with Crippen LogP contribution in [0.4, 0.5) is 0 Å². The molecule has 1 heterocycles. The molecule has 0 N–H and O–H groups in total. The highest BCUT2D eigenvalue weighted by Gasteiger charge is 2.22. The molecule has 0 radical (unpaired) electrons. The van der Waals surface area contributed by atoms with Crippen molar-refractivity contribution in [1.82, 2.24) is 0 Å². The Hall–Kier alpha value is 0.0500. The third kappa shape index (κ3) is 2.83. The first-order valence-electron chi connectivity index (χ1n) is 4.82. The zero-order valence-electron chi connectivity index (χ0n) is 7.95. The van der Waals surface area contributed by atoms with Gasteiger partial charge in [-0.15, -0.1) is 11.8 Å². The summed E-state index contributed by atoms with van der Waals surface area (Å²) in [4.78, 5) is 0. The van der Waals surface area contributed by atoms with Gasteiger partial charge in [-0.3, -0.25) is 0 Å². The summed E-state index contributed by atoms with van der Waals surface area (Å²) < 4.78 is 5.72. The van der Waals surface area contributed by atoms with Crippen LogP contribution in [0.25, 0.3) is 0 Å². The third-order valence-electron chi connectivity index (χ3n) is 2.00. The fraction of sp³-hybridized carbons (Fsp3) is 0.800. The molecule has 1 aliphatic heterocycles. The van der Waals surface area contributed by atoms with Crippen LogP contribution in [-0.2, 0) is 4.74 Å². The summed E-state index contributed by atoms with van der Waals surface area (Å²) in [7, 11) is 0. The minimum atomic E-state index is 0.407. The van der Waals surface area contributed by atoms with E-state index in [4.69, 9.17) is 4.74 Å². The number of rotatable bonds is 5. The minimum absolute atomic E-state index is 0.407. The molecule has 0 bridgehead atoms. The summed E-state index contributed by atoms with van der Waals surface area (Å²) in [5.74, 6) is 0.659. The Morgan fingerprint density at radius 2 is 2.17 bits per heavy atom. The summed E-state index contributed by atoms with van der Waals surface area (Å²) in [6.07, 6.45) is 5.92. The average Bonchev–Trinajstić information content (AvgIpc) is 2.50. The van der Waals surface area contributed by atoms with Gasteiger partial charge in [-0.05, 0) is 18.2 Å². The first kappa shape index (κ1) is 10.1. The lowest BCUT2D eigenvalue weighted by molar-refractivity contribution is 0.0868. The highest BCUT2D eigenvalue weighted by Crippen LogP contribution is 2.33. The van der Waals surface area contributed by atoms with E-state index in [2.05, 4.69) is 25.3 Å². The molecule has 0 aromatic carbocycles. The lowest BCUT2D eigenvalue weighted by atomic mass is 10.1. The zero-order chi connectivity index (χ0) is 8.81. The normalized spacial score (nSPS) is 28.2. The zero-order valence-corrected chi connectivity index (χ0v) is 8.77. The molecule has 0 spiro atoms. The molecule has 2 unspecified atom stereocenters. The predicted molar refractivity (Wildman–Crippen MR) is 55.2 cm³/mol. The standard InChI is InChI=1S/C10H18OS/c1-3-5-9-6-8-12-10(9)11-7-4-2/h6,8-10H,3-5,7H2,1-2H3. The smallest absolute Gasteiger partial charge is 0.113 e. The molecule has 0 aromatic rings. The predicted octanol–water partition coefficient (Wildman–Crippen LogP) is 3.42. The minimum Gasteiger partial charge on any atom is -0.367 e. The van der Waals surface area contributed by atoms with E-state index in [9.17, 15) is 0 Å². The third-order valence-corrected chi connectivity index (χ3v) is 3.06. The first-order chi connectivity index (χ1) is 5.88. The van der Waals surface area contributed by atoms with Gasteiger partial charge in [-0.1, -0.05) is 26.3 Å². The molecule has 0 saturated carbocycles. The summed E-state index contributed by atoms with van der Waals surface area (Å²) >= 11 is 1.83. The van der Waals surface area contributed by atoms with Gasteiger partial charge >= 0.3 is 0 Å². The van der Waals surface area contributed by atoms with Crippen LogP contribution in [0.5, 0.6) is 0 Å². The van der Waals surface area contributed by atoms with E-state index in [1.807, 2.05) is 11.8 Å². The fourth-order valence-corrected chi connectivity index (χ4v) is 2.43. The van der Waals surface area contributed by atoms with Crippen LogP contribution in [0.15, 0.2) is 11.5 Å². The second-order valence-electron chi connectivity index (χ2n) is 3.16. The number of hydrogen-bond donors (Lipinski definition) is 0. The van der Waals surface area contributed by atoms with E-state index < -0.39 is 0 Å². The fourth-order valence-electron chi connectivity index (χ4n) is 1.38. The van der Waals surface area contributed by atoms with Crippen molar-refractivity contribution in [1.29, 1.82) is 0 Å². The highest BCUT2D eigenvalue weighted by molar-refractivity contribution is 8.02. The molecule has 2 heteroatoms. The summed E-state index contributed by atoms with van der Waals surface area (Å²) in [5.41, 5.74) is 0.407. The van der Waals surface area contributed by atoms with E-state index in [-0.39, 0.29) is 0 Å².